The third-order valence-electron chi connectivity index (χ3n) is 5.78. The Kier molecular flexibility index (Phi) is 8.44. The summed E-state index contributed by atoms with van der Waals surface area (Å²) < 4.78 is 38.1. The van der Waals surface area contributed by atoms with Crippen LogP contribution in [0.3, 0.4) is 0 Å². The molecule has 2 heterocycles. The number of methoxy groups -OCH3 is 1. The minimum atomic E-state index is -3.76. The minimum Gasteiger partial charge on any atom is -0.497 e. The summed E-state index contributed by atoms with van der Waals surface area (Å²) in [6, 6.07) is 5.72. The van der Waals surface area contributed by atoms with Crippen LogP contribution < -0.4 is 4.74 Å². The summed E-state index contributed by atoms with van der Waals surface area (Å²) in [5.41, 5.74) is 0.568. The first-order valence-corrected chi connectivity index (χ1v) is 13.1. The van der Waals surface area contributed by atoms with Crippen molar-refractivity contribution in [3.63, 3.8) is 0 Å². The number of piperazine rings is 1. The number of carbonyl (C=O) groups excluding carboxylic acids is 2. The van der Waals surface area contributed by atoms with E-state index in [0.717, 1.165) is 6.42 Å². The third-order valence-corrected chi connectivity index (χ3v) is 7.81. The predicted octanol–water partition coefficient (Wildman–Crippen LogP) is 2.46. The van der Waals surface area contributed by atoms with Gasteiger partial charge in [-0.1, -0.05) is 13.3 Å². The number of hydrogen-bond acceptors (Lipinski definition) is 8. The van der Waals surface area contributed by atoms with Crippen LogP contribution in [0.2, 0.25) is 0 Å². The number of aryl methyl sites for hydroxylation is 2. The molecule has 1 aromatic carbocycles. The second kappa shape index (κ2) is 11.1. The van der Waals surface area contributed by atoms with Crippen LogP contribution in [-0.4, -0.2) is 78.9 Å². The molecule has 1 aromatic heterocycles. The van der Waals surface area contributed by atoms with Crippen molar-refractivity contribution < 1.29 is 27.5 Å². The maximum Gasteiger partial charge on any atom is 0.342 e. The van der Waals surface area contributed by atoms with Crippen LogP contribution >= 0.6 is 0 Å². The average Bonchev–Trinajstić information content (AvgIpc) is 2.83. The van der Waals surface area contributed by atoms with Crippen molar-refractivity contribution in [2.45, 2.75) is 51.5 Å². The minimum absolute atomic E-state index is 0.00179. The molecule has 1 fully saturated rings. The molecule has 10 nitrogen and oxygen atoms in total. The molecule has 0 saturated carbocycles. The Morgan fingerprint density at radius 1 is 1.11 bits per heavy atom. The van der Waals surface area contributed by atoms with Gasteiger partial charge >= 0.3 is 5.97 Å². The zero-order valence-corrected chi connectivity index (χ0v) is 21.6. The lowest BCUT2D eigenvalue weighted by molar-refractivity contribution is 0.0508. The summed E-state index contributed by atoms with van der Waals surface area (Å²) in [4.78, 5) is 36.6. The van der Waals surface area contributed by atoms with Gasteiger partial charge in [-0.25, -0.2) is 23.2 Å². The highest BCUT2D eigenvalue weighted by Crippen LogP contribution is 2.25. The van der Waals surface area contributed by atoms with Crippen LogP contribution in [0.15, 0.2) is 29.2 Å². The number of rotatable bonds is 8. The molecule has 0 aliphatic carbocycles. The molecule has 1 saturated heterocycles. The highest BCUT2D eigenvalue weighted by atomic mass is 32.2. The topological polar surface area (TPSA) is 119 Å². The van der Waals surface area contributed by atoms with E-state index in [1.165, 1.54) is 28.4 Å². The van der Waals surface area contributed by atoms with E-state index in [4.69, 9.17) is 9.47 Å². The number of ether oxygens (including phenoxy) is 2. The summed E-state index contributed by atoms with van der Waals surface area (Å²) in [5, 5.41) is 0. The van der Waals surface area contributed by atoms with Gasteiger partial charge in [0.1, 0.15) is 22.8 Å². The van der Waals surface area contributed by atoms with E-state index in [-0.39, 0.29) is 42.4 Å². The Hall–Kier alpha value is -3.05. The van der Waals surface area contributed by atoms with Gasteiger partial charge in [0.05, 0.1) is 24.3 Å². The lowest BCUT2D eigenvalue weighted by Gasteiger charge is -2.39. The van der Waals surface area contributed by atoms with Crippen molar-refractivity contribution in [2.24, 2.45) is 0 Å². The van der Waals surface area contributed by atoms with Crippen LogP contribution in [0.1, 0.15) is 59.6 Å². The molecule has 1 aliphatic rings. The fourth-order valence-electron chi connectivity index (χ4n) is 4.14. The van der Waals surface area contributed by atoms with Crippen molar-refractivity contribution in [1.82, 2.24) is 19.2 Å². The maximum atomic E-state index is 13.5. The van der Waals surface area contributed by atoms with E-state index >= 15 is 0 Å². The van der Waals surface area contributed by atoms with Gasteiger partial charge in [-0.05, 0) is 51.5 Å². The zero-order valence-electron chi connectivity index (χ0n) is 20.8. The Morgan fingerprint density at radius 2 is 1.80 bits per heavy atom. The smallest absolute Gasteiger partial charge is 0.342 e. The van der Waals surface area contributed by atoms with Gasteiger partial charge in [0.25, 0.3) is 5.91 Å². The molecule has 1 aliphatic heterocycles. The quantitative estimate of drug-likeness (QED) is 0.503. The predicted molar refractivity (Wildman–Crippen MR) is 129 cm³/mol. The van der Waals surface area contributed by atoms with Crippen LogP contribution in [0.5, 0.6) is 5.75 Å². The first kappa shape index (κ1) is 26.6. The van der Waals surface area contributed by atoms with Gasteiger partial charge in [-0.15, -0.1) is 0 Å². The Balaban J connectivity index is 1.87. The first-order valence-electron chi connectivity index (χ1n) is 11.6. The Labute approximate surface area is 206 Å². The number of hydrogen-bond donors (Lipinski definition) is 0. The van der Waals surface area contributed by atoms with Crippen LogP contribution in [0.25, 0.3) is 0 Å². The molecule has 0 spiro atoms. The van der Waals surface area contributed by atoms with Crippen LogP contribution in [-0.2, 0) is 21.2 Å². The fraction of sp³-hybridized carbons (Fsp3) is 0.500. The third kappa shape index (κ3) is 5.62. The van der Waals surface area contributed by atoms with Crippen LogP contribution in [0.4, 0.5) is 0 Å². The monoisotopic (exact) mass is 504 g/mol. The van der Waals surface area contributed by atoms with Gasteiger partial charge in [0, 0.05) is 25.7 Å². The summed E-state index contributed by atoms with van der Waals surface area (Å²) >= 11 is 0. The number of nitrogens with zero attached hydrogens (tertiary/aromatic N) is 4. The second-order valence-corrected chi connectivity index (χ2v) is 10.2. The van der Waals surface area contributed by atoms with Crippen molar-refractivity contribution in [3.05, 3.63) is 47.0 Å². The number of carbonyl (C=O) groups is 2. The van der Waals surface area contributed by atoms with Gasteiger partial charge < -0.3 is 14.4 Å². The maximum absolute atomic E-state index is 13.5. The molecule has 2 aromatic rings. The molecule has 0 bridgehead atoms. The van der Waals surface area contributed by atoms with Gasteiger partial charge in [0.15, 0.2) is 0 Å². The molecule has 35 heavy (non-hydrogen) atoms. The molecular weight excluding hydrogens is 472 g/mol. The highest BCUT2D eigenvalue weighted by Gasteiger charge is 2.37. The van der Waals surface area contributed by atoms with E-state index in [1.807, 2.05) is 6.92 Å². The van der Waals surface area contributed by atoms with E-state index < -0.39 is 27.9 Å². The van der Waals surface area contributed by atoms with Gasteiger partial charge in [-0.2, -0.15) is 4.31 Å². The number of amides is 1. The summed E-state index contributed by atoms with van der Waals surface area (Å²) in [7, 11) is -2.25. The Bertz CT molecular complexity index is 1180. The van der Waals surface area contributed by atoms with Crippen molar-refractivity contribution in [3.8, 4) is 5.75 Å². The molecule has 1 unspecified atom stereocenters. The van der Waals surface area contributed by atoms with Crippen LogP contribution in [0, 0.1) is 6.92 Å². The van der Waals surface area contributed by atoms with Crippen molar-refractivity contribution >= 4 is 21.9 Å². The van der Waals surface area contributed by atoms with E-state index in [2.05, 4.69) is 9.97 Å². The number of benzene rings is 1. The molecule has 11 heteroatoms. The largest absolute Gasteiger partial charge is 0.497 e. The number of aromatic nitrogens is 2. The molecule has 1 amide bonds. The van der Waals surface area contributed by atoms with Crippen molar-refractivity contribution in [2.75, 3.05) is 33.4 Å². The normalized spacial score (nSPS) is 16.7. The number of esters is 1. The second-order valence-electron chi connectivity index (χ2n) is 8.30. The average molecular weight is 505 g/mol. The molecule has 3 rings (SSSR count). The molecule has 190 valence electrons. The summed E-state index contributed by atoms with van der Waals surface area (Å²) in [5.74, 6) is -0.122. The summed E-state index contributed by atoms with van der Waals surface area (Å²) in [6.07, 6.45) is 1.23. The van der Waals surface area contributed by atoms with Gasteiger partial charge in [-0.3, -0.25) is 4.79 Å². The molecule has 0 N–H and O–H groups in total. The first-order chi connectivity index (χ1) is 16.6. The standard InChI is InChI=1S/C24H32N4O6S/c1-6-8-20-21(24(30)34-7-2)22(26-17(4)25-20)23(29)27-13-14-28(16(3)15-27)35(31,32)19-11-9-18(33-5)10-12-19/h9-12,16H,6-8,13-15H2,1-5H3. The molecular formula is C24H32N4O6S. The highest BCUT2D eigenvalue weighted by molar-refractivity contribution is 7.89. The lowest BCUT2D eigenvalue weighted by Crippen LogP contribution is -2.55. The SMILES string of the molecule is CCCc1nc(C)nc(C(=O)N2CCN(S(=O)(=O)c3ccc(OC)cc3)C(C)C2)c1C(=O)OCC. The lowest BCUT2D eigenvalue weighted by atomic mass is 10.1. The van der Waals surface area contributed by atoms with E-state index in [1.54, 1.807) is 32.9 Å². The molecule has 0 radical (unpaired) electrons. The summed E-state index contributed by atoms with van der Waals surface area (Å²) in [6.45, 7) is 7.66. The van der Waals surface area contributed by atoms with E-state index in [9.17, 15) is 18.0 Å². The van der Waals surface area contributed by atoms with Gasteiger partial charge in [0.2, 0.25) is 10.0 Å². The molecule has 1 atom stereocenters. The zero-order chi connectivity index (χ0) is 25.8. The van der Waals surface area contributed by atoms with Crippen molar-refractivity contribution in [1.29, 1.82) is 0 Å². The number of sulfonamides is 1. The van der Waals surface area contributed by atoms with E-state index in [0.29, 0.717) is 23.7 Å². The Morgan fingerprint density at radius 3 is 2.37 bits per heavy atom. The fourth-order valence-corrected chi connectivity index (χ4v) is 5.75.